The maximum absolute atomic E-state index is 8.62. The molecule has 1 saturated carbocycles. The molecular formula is C11H10BrN. The first-order valence-electron chi connectivity index (χ1n) is 4.46. The Morgan fingerprint density at radius 2 is 2.23 bits per heavy atom. The van der Waals surface area contributed by atoms with E-state index in [4.69, 9.17) is 5.26 Å². The molecule has 1 aromatic carbocycles. The molecule has 0 N–H and O–H groups in total. The van der Waals surface area contributed by atoms with Crippen molar-refractivity contribution < 1.29 is 0 Å². The average molecular weight is 236 g/mol. The van der Waals surface area contributed by atoms with Crippen LogP contribution >= 0.6 is 15.9 Å². The molecule has 0 amide bonds. The Hall–Kier alpha value is -0.810. The lowest BCUT2D eigenvalue weighted by Gasteiger charge is -2.03. The monoisotopic (exact) mass is 235 g/mol. The van der Waals surface area contributed by atoms with Crippen molar-refractivity contribution in [1.82, 2.24) is 0 Å². The topological polar surface area (TPSA) is 23.8 Å². The van der Waals surface area contributed by atoms with Crippen molar-refractivity contribution in [3.63, 3.8) is 0 Å². The normalized spacial score (nSPS) is 15.4. The molecule has 66 valence electrons. The summed E-state index contributed by atoms with van der Waals surface area (Å²) in [4.78, 5) is 0. The van der Waals surface area contributed by atoms with Crippen molar-refractivity contribution in [3.05, 3.63) is 33.8 Å². The fourth-order valence-corrected chi connectivity index (χ4v) is 1.87. The van der Waals surface area contributed by atoms with Gasteiger partial charge in [-0.3, -0.25) is 0 Å². The second-order valence-electron chi connectivity index (χ2n) is 3.46. The number of benzene rings is 1. The molecule has 2 rings (SSSR count). The van der Waals surface area contributed by atoms with E-state index < -0.39 is 0 Å². The summed E-state index contributed by atoms with van der Waals surface area (Å²) < 4.78 is 1.05. The second kappa shape index (κ2) is 3.51. The predicted molar refractivity (Wildman–Crippen MR) is 55.4 cm³/mol. The summed E-state index contributed by atoms with van der Waals surface area (Å²) >= 11 is 3.45. The first kappa shape index (κ1) is 8.77. The Morgan fingerprint density at radius 1 is 1.46 bits per heavy atom. The molecule has 0 bridgehead atoms. The van der Waals surface area contributed by atoms with Crippen molar-refractivity contribution in [2.45, 2.75) is 25.2 Å². The van der Waals surface area contributed by atoms with Crippen molar-refractivity contribution in [2.24, 2.45) is 0 Å². The number of hydrogen-bond acceptors (Lipinski definition) is 1. The fraction of sp³-hybridized carbons (Fsp3) is 0.364. The molecule has 0 atom stereocenters. The second-order valence-corrected chi connectivity index (χ2v) is 4.31. The summed E-state index contributed by atoms with van der Waals surface area (Å²) in [5.41, 5.74) is 2.51. The molecule has 0 aliphatic heterocycles. The molecule has 0 unspecified atom stereocenters. The first-order valence-corrected chi connectivity index (χ1v) is 5.26. The number of hydrogen-bond donors (Lipinski definition) is 0. The lowest BCUT2D eigenvalue weighted by atomic mass is 10.1. The van der Waals surface area contributed by atoms with Crippen LogP contribution in [0.15, 0.2) is 22.7 Å². The molecule has 0 spiro atoms. The number of rotatable bonds is 2. The Bertz CT molecular complexity index is 361. The molecule has 1 aromatic rings. The Kier molecular flexibility index (Phi) is 2.37. The van der Waals surface area contributed by atoms with Crippen LogP contribution in [-0.4, -0.2) is 0 Å². The van der Waals surface area contributed by atoms with Gasteiger partial charge >= 0.3 is 0 Å². The summed E-state index contributed by atoms with van der Waals surface area (Å²) in [6.07, 6.45) is 3.13. The lowest BCUT2D eigenvalue weighted by Crippen LogP contribution is -1.87. The minimum atomic E-state index is 0.501. The van der Waals surface area contributed by atoms with Gasteiger partial charge in [-0.1, -0.05) is 28.1 Å². The van der Waals surface area contributed by atoms with Gasteiger partial charge in [-0.05, 0) is 36.0 Å². The van der Waals surface area contributed by atoms with Gasteiger partial charge in [-0.25, -0.2) is 0 Å². The third-order valence-electron chi connectivity index (χ3n) is 2.39. The first-order chi connectivity index (χ1) is 6.31. The van der Waals surface area contributed by atoms with E-state index in [0.717, 1.165) is 16.0 Å². The van der Waals surface area contributed by atoms with Crippen LogP contribution in [0.2, 0.25) is 0 Å². The van der Waals surface area contributed by atoms with Crippen LogP contribution in [0.4, 0.5) is 0 Å². The van der Waals surface area contributed by atoms with Gasteiger partial charge in [0.15, 0.2) is 0 Å². The molecule has 1 aliphatic carbocycles. The van der Waals surface area contributed by atoms with Crippen LogP contribution < -0.4 is 0 Å². The molecule has 1 aliphatic rings. The lowest BCUT2D eigenvalue weighted by molar-refractivity contribution is 1.10. The summed E-state index contributed by atoms with van der Waals surface area (Å²) in [6.45, 7) is 0. The highest BCUT2D eigenvalue weighted by molar-refractivity contribution is 9.10. The highest BCUT2D eigenvalue weighted by Gasteiger charge is 2.23. The molecule has 2 heteroatoms. The zero-order valence-electron chi connectivity index (χ0n) is 7.26. The van der Waals surface area contributed by atoms with E-state index >= 15 is 0 Å². The highest BCUT2D eigenvalue weighted by Crippen LogP contribution is 2.40. The van der Waals surface area contributed by atoms with Gasteiger partial charge in [0.05, 0.1) is 12.5 Å². The van der Waals surface area contributed by atoms with E-state index in [0.29, 0.717) is 6.42 Å². The van der Waals surface area contributed by atoms with Gasteiger partial charge in [0, 0.05) is 4.47 Å². The summed E-state index contributed by atoms with van der Waals surface area (Å²) in [5.74, 6) is 0.769. The molecule has 0 radical (unpaired) electrons. The van der Waals surface area contributed by atoms with Crippen molar-refractivity contribution in [1.29, 1.82) is 5.26 Å². The summed E-state index contributed by atoms with van der Waals surface area (Å²) in [6, 6.07) is 8.55. The maximum atomic E-state index is 8.62. The Balaban J connectivity index is 2.31. The fourth-order valence-electron chi connectivity index (χ4n) is 1.49. The molecular weight excluding hydrogens is 226 g/mol. The number of halogens is 1. The quantitative estimate of drug-likeness (QED) is 0.772. The van der Waals surface area contributed by atoms with Gasteiger partial charge in [-0.15, -0.1) is 0 Å². The Morgan fingerprint density at radius 3 is 2.85 bits per heavy atom. The average Bonchev–Trinajstić information content (AvgIpc) is 2.92. The summed E-state index contributed by atoms with van der Waals surface area (Å²) in [5, 5.41) is 8.62. The Labute approximate surface area is 86.5 Å². The zero-order chi connectivity index (χ0) is 9.26. The third kappa shape index (κ3) is 1.92. The third-order valence-corrected chi connectivity index (χ3v) is 3.16. The molecule has 0 aromatic heterocycles. The predicted octanol–water partition coefficient (Wildman–Crippen LogP) is 3.39. The largest absolute Gasteiger partial charge is 0.198 e. The smallest absolute Gasteiger partial charge is 0.0670 e. The van der Waals surface area contributed by atoms with Crippen LogP contribution in [-0.2, 0) is 6.42 Å². The molecule has 0 heterocycles. The van der Waals surface area contributed by atoms with Crippen LogP contribution in [0, 0.1) is 11.3 Å². The van der Waals surface area contributed by atoms with Crippen LogP contribution in [0.1, 0.15) is 29.9 Å². The van der Waals surface area contributed by atoms with Gasteiger partial charge in [-0.2, -0.15) is 5.26 Å². The highest BCUT2D eigenvalue weighted by atomic mass is 79.9. The van der Waals surface area contributed by atoms with E-state index in [1.165, 1.54) is 18.4 Å². The SMILES string of the molecule is N#CCc1cc(C2CC2)ccc1Br. The van der Waals surface area contributed by atoms with Crippen molar-refractivity contribution >= 4 is 15.9 Å². The van der Waals surface area contributed by atoms with Crippen LogP contribution in [0.3, 0.4) is 0 Å². The van der Waals surface area contributed by atoms with E-state index in [-0.39, 0.29) is 0 Å². The van der Waals surface area contributed by atoms with Crippen LogP contribution in [0.5, 0.6) is 0 Å². The van der Waals surface area contributed by atoms with E-state index in [1.807, 2.05) is 0 Å². The minimum Gasteiger partial charge on any atom is -0.198 e. The van der Waals surface area contributed by atoms with E-state index in [9.17, 15) is 0 Å². The van der Waals surface area contributed by atoms with Gasteiger partial charge in [0.25, 0.3) is 0 Å². The van der Waals surface area contributed by atoms with E-state index in [2.05, 4.69) is 40.2 Å². The molecule has 1 nitrogen and oxygen atoms in total. The summed E-state index contributed by atoms with van der Waals surface area (Å²) in [7, 11) is 0. The maximum Gasteiger partial charge on any atom is 0.0670 e. The minimum absolute atomic E-state index is 0.501. The van der Waals surface area contributed by atoms with Crippen molar-refractivity contribution in [3.8, 4) is 6.07 Å². The zero-order valence-corrected chi connectivity index (χ0v) is 8.84. The van der Waals surface area contributed by atoms with Crippen molar-refractivity contribution in [2.75, 3.05) is 0 Å². The van der Waals surface area contributed by atoms with Crippen LogP contribution in [0.25, 0.3) is 0 Å². The number of nitriles is 1. The molecule has 1 fully saturated rings. The molecule has 0 saturated heterocycles. The van der Waals surface area contributed by atoms with Gasteiger partial charge in [0.1, 0.15) is 0 Å². The standard InChI is InChI=1S/C11H10BrN/c12-11-4-3-9(8-1-2-8)7-10(11)5-6-13/h3-4,7-8H,1-2,5H2. The molecule has 13 heavy (non-hydrogen) atoms. The van der Waals surface area contributed by atoms with Gasteiger partial charge < -0.3 is 0 Å². The van der Waals surface area contributed by atoms with E-state index in [1.54, 1.807) is 0 Å². The number of nitrogens with zero attached hydrogens (tertiary/aromatic N) is 1. The van der Waals surface area contributed by atoms with Gasteiger partial charge in [0.2, 0.25) is 0 Å².